The van der Waals surface area contributed by atoms with Crippen LogP contribution in [0.25, 0.3) is 0 Å². The number of benzene rings is 3. The molecule has 0 aliphatic carbocycles. The third kappa shape index (κ3) is 4.69. The summed E-state index contributed by atoms with van der Waals surface area (Å²) < 4.78 is 5.94. The lowest BCUT2D eigenvalue weighted by Gasteiger charge is -2.31. The standard InChI is InChI=1S/C25H24N2O3/c28-24(26-20-9-3-1-4-10-20)19-15-17-27(18-16-19)25(29)22-13-7-8-14-23(22)30-21-11-5-2-6-12-21/h1-14,19H,15-18H2,(H,26,28). The zero-order valence-electron chi connectivity index (χ0n) is 16.7. The van der Waals surface area contributed by atoms with Gasteiger partial charge in [0.25, 0.3) is 5.91 Å². The Kier molecular flexibility index (Phi) is 6.09. The molecule has 0 aromatic heterocycles. The van der Waals surface area contributed by atoms with E-state index in [2.05, 4.69) is 5.32 Å². The Morgan fingerprint density at radius 1 is 0.800 bits per heavy atom. The Morgan fingerprint density at radius 3 is 2.10 bits per heavy atom. The molecular weight excluding hydrogens is 376 g/mol. The normalized spacial score (nSPS) is 14.2. The Morgan fingerprint density at radius 2 is 1.40 bits per heavy atom. The smallest absolute Gasteiger partial charge is 0.257 e. The Balaban J connectivity index is 1.38. The van der Waals surface area contributed by atoms with E-state index in [9.17, 15) is 9.59 Å². The molecule has 5 heteroatoms. The number of rotatable bonds is 5. The Labute approximate surface area is 176 Å². The van der Waals surface area contributed by atoms with Crippen molar-refractivity contribution in [2.75, 3.05) is 18.4 Å². The first kappa shape index (κ1) is 19.7. The van der Waals surface area contributed by atoms with Gasteiger partial charge in [-0.05, 0) is 49.2 Å². The maximum Gasteiger partial charge on any atom is 0.257 e. The molecule has 0 unspecified atom stereocenters. The van der Waals surface area contributed by atoms with Gasteiger partial charge in [-0.1, -0.05) is 48.5 Å². The summed E-state index contributed by atoms with van der Waals surface area (Å²) in [5.41, 5.74) is 1.33. The second kappa shape index (κ2) is 9.27. The van der Waals surface area contributed by atoms with Crippen molar-refractivity contribution < 1.29 is 14.3 Å². The van der Waals surface area contributed by atoms with Crippen molar-refractivity contribution in [1.29, 1.82) is 0 Å². The van der Waals surface area contributed by atoms with E-state index in [0.29, 0.717) is 43.0 Å². The van der Waals surface area contributed by atoms with Gasteiger partial charge in [0.15, 0.2) is 0 Å². The van der Waals surface area contributed by atoms with Crippen LogP contribution in [-0.4, -0.2) is 29.8 Å². The van der Waals surface area contributed by atoms with Crippen LogP contribution in [0.2, 0.25) is 0 Å². The SMILES string of the molecule is O=C(Nc1ccccc1)C1CCN(C(=O)c2ccccc2Oc2ccccc2)CC1. The Bertz CT molecular complexity index is 997. The van der Waals surface area contributed by atoms with Gasteiger partial charge in [-0.2, -0.15) is 0 Å². The molecule has 3 aromatic carbocycles. The molecule has 0 bridgehead atoms. The van der Waals surface area contributed by atoms with Gasteiger partial charge in [0.1, 0.15) is 11.5 Å². The van der Waals surface area contributed by atoms with Crippen LogP contribution in [0.5, 0.6) is 11.5 Å². The summed E-state index contributed by atoms with van der Waals surface area (Å²) in [6, 6.07) is 26.2. The average Bonchev–Trinajstić information content (AvgIpc) is 2.80. The monoisotopic (exact) mass is 400 g/mol. The third-order valence-electron chi connectivity index (χ3n) is 5.28. The first-order valence-electron chi connectivity index (χ1n) is 10.2. The quantitative estimate of drug-likeness (QED) is 0.658. The summed E-state index contributed by atoms with van der Waals surface area (Å²) in [7, 11) is 0. The number of piperidine rings is 1. The number of likely N-dealkylation sites (tertiary alicyclic amines) is 1. The highest BCUT2D eigenvalue weighted by atomic mass is 16.5. The molecule has 1 heterocycles. The molecule has 1 fully saturated rings. The number of hydrogen-bond acceptors (Lipinski definition) is 3. The molecule has 0 atom stereocenters. The molecule has 1 saturated heterocycles. The highest BCUT2D eigenvalue weighted by Crippen LogP contribution is 2.28. The van der Waals surface area contributed by atoms with Crippen LogP contribution in [0.15, 0.2) is 84.9 Å². The molecule has 0 spiro atoms. The first-order valence-corrected chi connectivity index (χ1v) is 10.2. The van der Waals surface area contributed by atoms with E-state index in [1.165, 1.54) is 0 Å². The molecule has 1 N–H and O–H groups in total. The number of ether oxygens (including phenoxy) is 1. The van der Waals surface area contributed by atoms with E-state index in [1.54, 1.807) is 17.0 Å². The first-order chi connectivity index (χ1) is 14.7. The maximum absolute atomic E-state index is 13.1. The summed E-state index contributed by atoms with van der Waals surface area (Å²) in [4.78, 5) is 27.5. The van der Waals surface area contributed by atoms with Crippen molar-refractivity contribution in [3.63, 3.8) is 0 Å². The molecule has 0 saturated carbocycles. The largest absolute Gasteiger partial charge is 0.457 e. The van der Waals surface area contributed by atoms with Gasteiger partial charge < -0.3 is 15.0 Å². The van der Waals surface area contributed by atoms with Crippen molar-refractivity contribution in [3.8, 4) is 11.5 Å². The second-order valence-corrected chi connectivity index (χ2v) is 7.33. The number of carbonyl (C=O) groups is 2. The number of nitrogens with one attached hydrogen (secondary N) is 1. The zero-order chi connectivity index (χ0) is 20.8. The summed E-state index contributed by atoms with van der Waals surface area (Å²) in [6.45, 7) is 1.09. The van der Waals surface area contributed by atoms with E-state index < -0.39 is 0 Å². The number of amides is 2. The average molecular weight is 400 g/mol. The Hall–Kier alpha value is -3.60. The minimum Gasteiger partial charge on any atom is -0.457 e. The summed E-state index contributed by atoms with van der Waals surface area (Å²) in [5.74, 6) is 1.08. The molecule has 152 valence electrons. The molecule has 4 rings (SSSR count). The van der Waals surface area contributed by atoms with Crippen LogP contribution in [0.1, 0.15) is 23.2 Å². The predicted octanol–water partition coefficient (Wildman–Crippen LogP) is 4.97. The van der Waals surface area contributed by atoms with E-state index in [1.807, 2.05) is 72.8 Å². The van der Waals surface area contributed by atoms with Gasteiger partial charge in [0, 0.05) is 24.7 Å². The second-order valence-electron chi connectivity index (χ2n) is 7.33. The number of hydrogen-bond donors (Lipinski definition) is 1. The van der Waals surface area contributed by atoms with Crippen LogP contribution < -0.4 is 10.1 Å². The van der Waals surface area contributed by atoms with Crippen LogP contribution in [0, 0.1) is 5.92 Å². The summed E-state index contributed by atoms with van der Waals surface area (Å²) in [6.07, 6.45) is 1.29. The predicted molar refractivity (Wildman–Crippen MR) is 117 cm³/mol. The van der Waals surface area contributed by atoms with Crippen molar-refractivity contribution >= 4 is 17.5 Å². The van der Waals surface area contributed by atoms with E-state index >= 15 is 0 Å². The van der Waals surface area contributed by atoms with Crippen LogP contribution >= 0.6 is 0 Å². The maximum atomic E-state index is 13.1. The molecule has 5 nitrogen and oxygen atoms in total. The van der Waals surface area contributed by atoms with Crippen LogP contribution in [0.3, 0.4) is 0 Å². The number of nitrogens with zero attached hydrogens (tertiary/aromatic N) is 1. The highest BCUT2D eigenvalue weighted by molar-refractivity contribution is 5.97. The van der Waals surface area contributed by atoms with E-state index in [-0.39, 0.29) is 17.7 Å². The summed E-state index contributed by atoms with van der Waals surface area (Å²) in [5, 5.41) is 2.96. The fourth-order valence-electron chi connectivity index (χ4n) is 3.63. The third-order valence-corrected chi connectivity index (χ3v) is 5.28. The number of carbonyl (C=O) groups excluding carboxylic acids is 2. The minimum absolute atomic E-state index is 0.0149. The fourth-order valence-corrected chi connectivity index (χ4v) is 3.63. The lowest BCUT2D eigenvalue weighted by Crippen LogP contribution is -2.41. The lowest BCUT2D eigenvalue weighted by atomic mass is 9.95. The molecule has 0 radical (unpaired) electrons. The van der Waals surface area contributed by atoms with Gasteiger partial charge in [-0.25, -0.2) is 0 Å². The fraction of sp³-hybridized carbons (Fsp3) is 0.200. The molecule has 3 aromatic rings. The molecular formula is C25H24N2O3. The van der Waals surface area contributed by atoms with Crippen molar-refractivity contribution in [2.45, 2.75) is 12.8 Å². The van der Waals surface area contributed by atoms with Crippen LogP contribution in [0.4, 0.5) is 5.69 Å². The van der Waals surface area contributed by atoms with Gasteiger partial charge in [-0.3, -0.25) is 9.59 Å². The molecule has 1 aliphatic rings. The van der Waals surface area contributed by atoms with Crippen LogP contribution in [-0.2, 0) is 4.79 Å². The van der Waals surface area contributed by atoms with Crippen molar-refractivity contribution in [2.24, 2.45) is 5.92 Å². The topological polar surface area (TPSA) is 58.6 Å². The highest BCUT2D eigenvalue weighted by Gasteiger charge is 2.29. The van der Waals surface area contributed by atoms with Gasteiger partial charge >= 0.3 is 0 Å². The minimum atomic E-state index is -0.0925. The summed E-state index contributed by atoms with van der Waals surface area (Å²) >= 11 is 0. The number of para-hydroxylation sites is 3. The van der Waals surface area contributed by atoms with E-state index in [4.69, 9.17) is 4.74 Å². The van der Waals surface area contributed by atoms with Crippen molar-refractivity contribution in [1.82, 2.24) is 4.90 Å². The zero-order valence-corrected chi connectivity index (χ0v) is 16.7. The van der Waals surface area contributed by atoms with Gasteiger partial charge in [-0.15, -0.1) is 0 Å². The molecule has 2 amide bonds. The van der Waals surface area contributed by atoms with Crippen molar-refractivity contribution in [3.05, 3.63) is 90.5 Å². The number of anilines is 1. The van der Waals surface area contributed by atoms with Gasteiger partial charge in [0.05, 0.1) is 5.56 Å². The molecule has 30 heavy (non-hydrogen) atoms. The lowest BCUT2D eigenvalue weighted by molar-refractivity contribution is -0.121. The molecule has 1 aliphatic heterocycles. The van der Waals surface area contributed by atoms with Gasteiger partial charge in [0.2, 0.25) is 5.91 Å². The van der Waals surface area contributed by atoms with E-state index in [0.717, 1.165) is 5.69 Å².